The van der Waals surface area contributed by atoms with Crippen LogP contribution >= 0.6 is 15.9 Å². The van der Waals surface area contributed by atoms with Crippen molar-refractivity contribution in [1.29, 1.82) is 0 Å². The third-order valence-electron chi connectivity index (χ3n) is 5.12. The van der Waals surface area contributed by atoms with Crippen LogP contribution in [0.3, 0.4) is 0 Å². The fourth-order valence-corrected chi connectivity index (χ4v) is 4.11. The largest absolute Gasteiger partial charge is 0.382 e. The van der Waals surface area contributed by atoms with Crippen molar-refractivity contribution in [3.8, 4) is 0 Å². The van der Waals surface area contributed by atoms with Gasteiger partial charge >= 0.3 is 0 Å². The highest BCUT2D eigenvalue weighted by Gasteiger charge is 2.46. The summed E-state index contributed by atoms with van der Waals surface area (Å²) in [6.45, 7) is 1.98. The minimum Gasteiger partial charge on any atom is -0.382 e. The topological polar surface area (TPSA) is 12.0 Å². The average Bonchev–Trinajstić information content (AvgIpc) is 2.41. The first-order valence-corrected chi connectivity index (χ1v) is 8.12. The van der Waals surface area contributed by atoms with Crippen LogP contribution in [0, 0.1) is 18.2 Å². The third kappa shape index (κ3) is 2.42. The van der Waals surface area contributed by atoms with E-state index in [1.54, 1.807) is 6.07 Å². The van der Waals surface area contributed by atoms with Crippen molar-refractivity contribution in [2.75, 3.05) is 5.32 Å². The van der Waals surface area contributed by atoms with Gasteiger partial charge in [0.1, 0.15) is 5.82 Å². The number of hydrogen-bond donors (Lipinski definition) is 1. The van der Waals surface area contributed by atoms with Crippen molar-refractivity contribution in [3.05, 3.63) is 28.0 Å². The molecular formula is C16H21BrFN. The van der Waals surface area contributed by atoms with Crippen molar-refractivity contribution in [2.24, 2.45) is 5.41 Å². The van der Waals surface area contributed by atoms with Gasteiger partial charge in [-0.15, -0.1) is 0 Å². The maximum atomic E-state index is 13.5. The zero-order valence-corrected chi connectivity index (χ0v) is 13.0. The Kier molecular flexibility index (Phi) is 3.59. The maximum Gasteiger partial charge on any atom is 0.137 e. The Hall–Kier alpha value is -0.570. The Bertz CT molecular complexity index is 480. The summed E-state index contributed by atoms with van der Waals surface area (Å²) in [5.74, 6) is -0.177. The summed E-state index contributed by atoms with van der Waals surface area (Å²) in [4.78, 5) is 0. The van der Waals surface area contributed by atoms with Crippen molar-refractivity contribution >= 4 is 21.6 Å². The fraction of sp³-hybridized carbons (Fsp3) is 0.625. The number of nitrogens with one attached hydrogen (secondary N) is 1. The molecule has 0 radical (unpaired) electrons. The molecule has 1 unspecified atom stereocenters. The summed E-state index contributed by atoms with van der Waals surface area (Å²) >= 11 is 3.28. The van der Waals surface area contributed by atoms with Gasteiger partial charge in [0.15, 0.2) is 0 Å². The van der Waals surface area contributed by atoms with Gasteiger partial charge in [-0.1, -0.05) is 19.3 Å². The van der Waals surface area contributed by atoms with Gasteiger partial charge in [0.25, 0.3) is 0 Å². The van der Waals surface area contributed by atoms with Crippen LogP contribution in [-0.2, 0) is 0 Å². The minimum atomic E-state index is -0.177. The van der Waals surface area contributed by atoms with E-state index >= 15 is 0 Å². The van der Waals surface area contributed by atoms with E-state index in [1.165, 1.54) is 44.9 Å². The van der Waals surface area contributed by atoms with E-state index in [-0.39, 0.29) is 5.82 Å². The molecule has 1 nitrogen and oxygen atoms in total. The highest BCUT2D eigenvalue weighted by Crippen LogP contribution is 2.52. The second-order valence-corrected chi connectivity index (χ2v) is 7.09. The SMILES string of the molecule is Cc1cc(F)c(Br)cc1NC1CCC12CCCCC2. The summed E-state index contributed by atoms with van der Waals surface area (Å²) in [6, 6.07) is 4.09. The van der Waals surface area contributed by atoms with Gasteiger partial charge < -0.3 is 5.32 Å². The molecule has 0 aliphatic heterocycles. The second-order valence-electron chi connectivity index (χ2n) is 6.24. The Balaban J connectivity index is 1.76. The van der Waals surface area contributed by atoms with Crippen LogP contribution < -0.4 is 5.32 Å². The Morgan fingerprint density at radius 1 is 1.21 bits per heavy atom. The van der Waals surface area contributed by atoms with Crippen LogP contribution in [-0.4, -0.2) is 6.04 Å². The smallest absolute Gasteiger partial charge is 0.137 e. The lowest BCUT2D eigenvalue weighted by Gasteiger charge is -2.53. The number of anilines is 1. The van der Waals surface area contributed by atoms with Crippen LogP contribution in [0.1, 0.15) is 50.5 Å². The van der Waals surface area contributed by atoms with E-state index in [4.69, 9.17) is 0 Å². The third-order valence-corrected chi connectivity index (χ3v) is 5.72. The molecule has 1 atom stereocenters. The summed E-state index contributed by atoms with van der Waals surface area (Å²) < 4.78 is 14.0. The average molecular weight is 326 g/mol. The lowest BCUT2D eigenvalue weighted by Crippen LogP contribution is -2.50. The van der Waals surface area contributed by atoms with Crippen molar-refractivity contribution in [3.63, 3.8) is 0 Å². The van der Waals surface area contributed by atoms with Gasteiger partial charge in [-0.2, -0.15) is 0 Å². The van der Waals surface area contributed by atoms with Gasteiger partial charge in [0, 0.05) is 11.7 Å². The molecule has 3 heteroatoms. The molecule has 2 saturated carbocycles. The van der Waals surface area contributed by atoms with Gasteiger partial charge in [0.05, 0.1) is 4.47 Å². The van der Waals surface area contributed by atoms with E-state index < -0.39 is 0 Å². The number of aryl methyl sites for hydroxylation is 1. The predicted octanol–water partition coefficient (Wildman–Crippen LogP) is 5.42. The van der Waals surface area contributed by atoms with Gasteiger partial charge in [-0.25, -0.2) is 4.39 Å². The summed E-state index contributed by atoms with van der Waals surface area (Å²) in [5.41, 5.74) is 2.62. The van der Waals surface area contributed by atoms with E-state index in [0.717, 1.165) is 11.3 Å². The Morgan fingerprint density at radius 3 is 2.58 bits per heavy atom. The molecule has 19 heavy (non-hydrogen) atoms. The van der Waals surface area contributed by atoms with E-state index in [1.807, 2.05) is 13.0 Å². The van der Waals surface area contributed by atoms with Crippen molar-refractivity contribution < 1.29 is 4.39 Å². The first-order chi connectivity index (χ1) is 9.11. The van der Waals surface area contributed by atoms with Crippen molar-refractivity contribution in [2.45, 2.75) is 57.9 Å². The number of rotatable bonds is 2. The molecule has 1 spiro atoms. The summed E-state index contributed by atoms with van der Waals surface area (Å²) in [7, 11) is 0. The molecule has 1 N–H and O–H groups in total. The molecule has 0 heterocycles. The molecule has 2 aliphatic carbocycles. The fourth-order valence-electron chi connectivity index (χ4n) is 3.77. The monoisotopic (exact) mass is 325 g/mol. The van der Waals surface area contributed by atoms with E-state index in [9.17, 15) is 4.39 Å². The summed E-state index contributed by atoms with van der Waals surface area (Å²) in [6.07, 6.45) is 9.52. The van der Waals surface area contributed by atoms with Crippen LogP contribution in [0.5, 0.6) is 0 Å². The zero-order valence-electron chi connectivity index (χ0n) is 11.4. The Morgan fingerprint density at radius 2 is 1.95 bits per heavy atom. The molecule has 1 aromatic rings. The molecule has 0 amide bonds. The van der Waals surface area contributed by atoms with Gasteiger partial charge in [0.2, 0.25) is 0 Å². The predicted molar refractivity (Wildman–Crippen MR) is 81.0 cm³/mol. The Labute approximate surface area is 123 Å². The molecule has 1 aromatic carbocycles. The highest BCUT2D eigenvalue weighted by atomic mass is 79.9. The van der Waals surface area contributed by atoms with Crippen LogP contribution in [0.15, 0.2) is 16.6 Å². The highest BCUT2D eigenvalue weighted by molar-refractivity contribution is 9.10. The number of benzene rings is 1. The summed E-state index contributed by atoms with van der Waals surface area (Å²) in [5, 5.41) is 3.68. The first kappa shape index (κ1) is 13.4. The lowest BCUT2D eigenvalue weighted by atomic mass is 9.57. The molecule has 3 rings (SSSR count). The molecule has 0 saturated heterocycles. The quantitative estimate of drug-likeness (QED) is 0.765. The molecule has 104 valence electrons. The van der Waals surface area contributed by atoms with Gasteiger partial charge in [-0.05, 0) is 71.6 Å². The minimum absolute atomic E-state index is 0.177. The molecule has 0 aromatic heterocycles. The van der Waals surface area contributed by atoms with Crippen LogP contribution in [0.2, 0.25) is 0 Å². The second kappa shape index (κ2) is 5.08. The molecule has 2 aliphatic rings. The van der Waals surface area contributed by atoms with Crippen LogP contribution in [0.4, 0.5) is 10.1 Å². The number of halogens is 2. The molecular weight excluding hydrogens is 305 g/mol. The van der Waals surface area contributed by atoms with Gasteiger partial charge in [-0.3, -0.25) is 0 Å². The van der Waals surface area contributed by atoms with Crippen molar-refractivity contribution in [1.82, 2.24) is 0 Å². The van der Waals surface area contributed by atoms with E-state index in [2.05, 4.69) is 21.2 Å². The standard InChI is InChI=1S/C16H21BrFN/c1-11-9-13(18)12(17)10-14(11)19-15-5-8-16(15)6-3-2-4-7-16/h9-10,15,19H,2-8H2,1H3. The maximum absolute atomic E-state index is 13.5. The van der Waals surface area contributed by atoms with E-state index in [0.29, 0.717) is 15.9 Å². The zero-order chi connectivity index (χ0) is 13.5. The normalized spacial score (nSPS) is 25.1. The lowest BCUT2D eigenvalue weighted by molar-refractivity contribution is 0.0571. The van der Waals surface area contributed by atoms with Crippen LogP contribution in [0.25, 0.3) is 0 Å². The molecule has 0 bridgehead atoms. The first-order valence-electron chi connectivity index (χ1n) is 7.33. The number of hydrogen-bond acceptors (Lipinski definition) is 1. The molecule has 2 fully saturated rings.